The zero-order valence-electron chi connectivity index (χ0n) is 11.9. The number of aliphatic hydroxyl groups is 1. The summed E-state index contributed by atoms with van der Waals surface area (Å²) in [5.41, 5.74) is 5.44. The second-order valence-electron chi connectivity index (χ2n) is 5.05. The van der Waals surface area contributed by atoms with Crippen molar-refractivity contribution in [3.8, 4) is 0 Å². The number of nitrogens with two attached hydrogens (primary N) is 1. The summed E-state index contributed by atoms with van der Waals surface area (Å²) in [7, 11) is 0. The molecule has 116 valence electrons. The maximum Gasteiger partial charge on any atom is 0.260 e. The first-order valence-electron chi connectivity index (χ1n) is 6.63. The maximum atomic E-state index is 12.3. The van der Waals surface area contributed by atoms with Crippen LogP contribution >= 0.6 is 23.2 Å². The molecule has 2 rings (SSSR count). The van der Waals surface area contributed by atoms with Crippen LogP contribution < -0.4 is 11.1 Å². The van der Waals surface area contributed by atoms with Crippen molar-refractivity contribution in [2.24, 2.45) is 5.73 Å². The molecule has 0 fully saturated rings. The third kappa shape index (κ3) is 3.59. The topological polar surface area (TPSA) is 75.3 Å². The normalized spacial score (nSPS) is 13.5. The van der Waals surface area contributed by atoms with E-state index < -0.39 is 11.5 Å². The first-order chi connectivity index (χ1) is 10.3. The lowest BCUT2D eigenvalue weighted by Crippen LogP contribution is -2.37. The number of carbonyl (C=O) groups is 1. The zero-order valence-corrected chi connectivity index (χ0v) is 13.4. The van der Waals surface area contributed by atoms with E-state index in [1.807, 2.05) is 0 Å². The molecular formula is C16H16Cl2N2O2. The van der Waals surface area contributed by atoms with Crippen LogP contribution in [0.4, 0.5) is 5.69 Å². The van der Waals surface area contributed by atoms with Gasteiger partial charge in [0.15, 0.2) is 5.60 Å². The molecule has 0 saturated carbocycles. The summed E-state index contributed by atoms with van der Waals surface area (Å²) < 4.78 is 0. The molecule has 0 aliphatic rings. The third-order valence-corrected chi connectivity index (χ3v) is 3.90. The number of hydrogen-bond donors (Lipinski definition) is 3. The largest absolute Gasteiger partial charge is 0.375 e. The minimum absolute atomic E-state index is 0.291. The van der Waals surface area contributed by atoms with Crippen molar-refractivity contribution < 1.29 is 9.90 Å². The van der Waals surface area contributed by atoms with Crippen LogP contribution in [-0.2, 0) is 16.9 Å². The molecule has 1 unspecified atom stereocenters. The Bertz CT molecular complexity index is 685. The summed E-state index contributed by atoms with van der Waals surface area (Å²) >= 11 is 11.9. The summed E-state index contributed by atoms with van der Waals surface area (Å²) in [5.74, 6) is -0.586. The number of benzene rings is 2. The predicted octanol–water partition coefficient (Wildman–Crippen LogP) is 3.30. The van der Waals surface area contributed by atoms with Crippen molar-refractivity contribution in [2.75, 3.05) is 5.32 Å². The van der Waals surface area contributed by atoms with Crippen LogP contribution in [0.1, 0.15) is 18.1 Å². The molecule has 0 bridgehead atoms. The lowest BCUT2D eigenvalue weighted by Gasteiger charge is -2.24. The Morgan fingerprint density at radius 1 is 1.23 bits per heavy atom. The van der Waals surface area contributed by atoms with Gasteiger partial charge in [0, 0.05) is 27.8 Å². The van der Waals surface area contributed by atoms with E-state index in [9.17, 15) is 9.90 Å². The van der Waals surface area contributed by atoms with E-state index in [0.29, 0.717) is 27.8 Å². The van der Waals surface area contributed by atoms with Crippen LogP contribution in [0.15, 0.2) is 42.5 Å². The van der Waals surface area contributed by atoms with E-state index in [1.54, 1.807) is 42.5 Å². The second-order valence-corrected chi connectivity index (χ2v) is 5.90. The highest BCUT2D eigenvalue weighted by Crippen LogP contribution is 2.30. The van der Waals surface area contributed by atoms with Crippen molar-refractivity contribution >= 4 is 34.8 Å². The summed E-state index contributed by atoms with van der Waals surface area (Å²) in [6.45, 7) is 1.72. The van der Waals surface area contributed by atoms with Crippen LogP contribution in [0.5, 0.6) is 0 Å². The molecule has 0 aliphatic carbocycles. The number of carbonyl (C=O) groups excluding carboxylic acids is 1. The Morgan fingerprint density at radius 3 is 2.41 bits per heavy atom. The van der Waals surface area contributed by atoms with Crippen LogP contribution in [0.2, 0.25) is 10.0 Å². The van der Waals surface area contributed by atoms with E-state index in [4.69, 9.17) is 28.9 Å². The third-order valence-electron chi connectivity index (χ3n) is 3.34. The van der Waals surface area contributed by atoms with E-state index >= 15 is 0 Å². The van der Waals surface area contributed by atoms with E-state index in [2.05, 4.69) is 5.32 Å². The SMILES string of the molecule is CC(O)(C(=O)Nc1ccc(Cl)cc1)c1ccc(CN)cc1Cl. The Kier molecular flexibility index (Phi) is 5.08. The molecule has 2 aromatic rings. The Labute approximate surface area is 138 Å². The molecule has 6 heteroatoms. The summed E-state index contributed by atoms with van der Waals surface area (Å²) in [4.78, 5) is 12.3. The minimum atomic E-state index is -1.77. The molecule has 4 N–H and O–H groups in total. The first-order valence-corrected chi connectivity index (χ1v) is 7.38. The summed E-state index contributed by atoms with van der Waals surface area (Å²) in [5, 5.41) is 14.0. The summed E-state index contributed by atoms with van der Waals surface area (Å²) in [6, 6.07) is 11.6. The van der Waals surface area contributed by atoms with Gasteiger partial charge in [-0.25, -0.2) is 0 Å². The average Bonchev–Trinajstić information content (AvgIpc) is 2.49. The molecule has 0 saturated heterocycles. The van der Waals surface area contributed by atoms with Crippen LogP contribution in [0.3, 0.4) is 0 Å². The van der Waals surface area contributed by atoms with Gasteiger partial charge >= 0.3 is 0 Å². The molecule has 0 heterocycles. The van der Waals surface area contributed by atoms with E-state index in [0.717, 1.165) is 5.56 Å². The zero-order chi connectivity index (χ0) is 16.3. The molecule has 22 heavy (non-hydrogen) atoms. The Hall–Kier alpha value is -1.59. The highest BCUT2D eigenvalue weighted by Gasteiger charge is 2.34. The van der Waals surface area contributed by atoms with Crippen molar-refractivity contribution in [3.05, 3.63) is 63.6 Å². The Balaban J connectivity index is 2.25. The quantitative estimate of drug-likeness (QED) is 0.800. The summed E-state index contributed by atoms with van der Waals surface area (Å²) in [6.07, 6.45) is 0. The number of hydrogen-bond acceptors (Lipinski definition) is 3. The van der Waals surface area contributed by atoms with Gasteiger partial charge in [0.1, 0.15) is 0 Å². The van der Waals surface area contributed by atoms with Gasteiger partial charge in [-0.3, -0.25) is 4.79 Å². The van der Waals surface area contributed by atoms with Gasteiger partial charge in [0.25, 0.3) is 5.91 Å². The molecule has 1 amide bonds. The monoisotopic (exact) mass is 338 g/mol. The van der Waals surface area contributed by atoms with E-state index in [1.165, 1.54) is 6.92 Å². The fraction of sp³-hybridized carbons (Fsp3) is 0.188. The Morgan fingerprint density at radius 2 is 1.86 bits per heavy atom. The number of nitrogens with one attached hydrogen (secondary N) is 1. The second kappa shape index (κ2) is 6.67. The highest BCUT2D eigenvalue weighted by atomic mass is 35.5. The number of amides is 1. The fourth-order valence-electron chi connectivity index (χ4n) is 1.99. The van der Waals surface area contributed by atoms with Gasteiger partial charge < -0.3 is 16.2 Å². The van der Waals surface area contributed by atoms with Crippen molar-refractivity contribution in [1.82, 2.24) is 0 Å². The van der Waals surface area contributed by atoms with E-state index in [-0.39, 0.29) is 0 Å². The molecule has 0 spiro atoms. The van der Waals surface area contributed by atoms with Gasteiger partial charge in [-0.2, -0.15) is 0 Å². The highest BCUT2D eigenvalue weighted by molar-refractivity contribution is 6.32. The maximum absolute atomic E-state index is 12.3. The lowest BCUT2D eigenvalue weighted by atomic mass is 9.93. The molecule has 0 radical (unpaired) electrons. The molecule has 4 nitrogen and oxygen atoms in total. The van der Waals surface area contributed by atoms with Gasteiger partial charge in [-0.15, -0.1) is 0 Å². The van der Waals surface area contributed by atoms with Gasteiger partial charge in [-0.1, -0.05) is 35.3 Å². The molecule has 0 aromatic heterocycles. The smallest absolute Gasteiger partial charge is 0.260 e. The standard InChI is InChI=1S/C16H16Cl2N2O2/c1-16(22,13-7-2-10(9-19)8-14(13)18)15(21)20-12-5-3-11(17)4-6-12/h2-8,22H,9,19H2,1H3,(H,20,21). The van der Waals surface area contributed by atoms with Gasteiger partial charge in [0.2, 0.25) is 0 Å². The van der Waals surface area contributed by atoms with Crippen molar-refractivity contribution in [3.63, 3.8) is 0 Å². The van der Waals surface area contributed by atoms with Crippen LogP contribution in [0.25, 0.3) is 0 Å². The van der Waals surface area contributed by atoms with Gasteiger partial charge in [-0.05, 0) is 42.8 Å². The van der Waals surface area contributed by atoms with Crippen LogP contribution in [-0.4, -0.2) is 11.0 Å². The first kappa shape index (κ1) is 16.8. The molecule has 0 aliphatic heterocycles. The van der Waals surface area contributed by atoms with Gasteiger partial charge in [0.05, 0.1) is 0 Å². The molecule has 2 aromatic carbocycles. The minimum Gasteiger partial charge on any atom is -0.375 e. The van der Waals surface area contributed by atoms with Crippen LogP contribution in [0, 0.1) is 0 Å². The molecular weight excluding hydrogens is 323 g/mol. The lowest BCUT2D eigenvalue weighted by molar-refractivity contribution is -0.133. The number of rotatable bonds is 4. The number of halogens is 2. The van der Waals surface area contributed by atoms with Crippen molar-refractivity contribution in [2.45, 2.75) is 19.1 Å². The molecule has 1 atom stereocenters. The van der Waals surface area contributed by atoms with Crippen molar-refractivity contribution in [1.29, 1.82) is 0 Å². The average molecular weight is 339 g/mol. The fourth-order valence-corrected chi connectivity index (χ4v) is 2.50. The predicted molar refractivity (Wildman–Crippen MR) is 89.0 cm³/mol. The number of anilines is 1.